The summed E-state index contributed by atoms with van der Waals surface area (Å²) in [5.41, 5.74) is 0.808. The van der Waals surface area contributed by atoms with Crippen molar-refractivity contribution in [1.82, 2.24) is 0 Å². The first kappa shape index (κ1) is 12.4. The number of amides is 1. The average molecular weight is 298 g/mol. The topological polar surface area (TPSA) is 38.3 Å². The highest BCUT2D eigenvalue weighted by Crippen LogP contribution is 2.30. The molecule has 1 fully saturated rings. The smallest absolute Gasteiger partial charge is 0.227 e. The molecule has 1 amide bonds. The van der Waals surface area contributed by atoms with E-state index in [-0.39, 0.29) is 11.8 Å². The molecule has 1 N–H and O–H groups in total. The van der Waals surface area contributed by atoms with E-state index in [0.717, 1.165) is 28.8 Å². The average Bonchev–Trinajstić information content (AvgIpc) is 2.85. The van der Waals surface area contributed by atoms with Gasteiger partial charge >= 0.3 is 0 Å². The number of nitrogens with one attached hydrogen (secondary N) is 1. The molecule has 17 heavy (non-hydrogen) atoms. The number of carbonyl (C=O) groups excluding carboxylic acids is 1. The van der Waals surface area contributed by atoms with E-state index in [1.807, 2.05) is 18.2 Å². The molecule has 0 radical (unpaired) electrons. The molecule has 0 atom stereocenters. The van der Waals surface area contributed by atoms with E-state index in [2.05, 4.69) is 21.2 Å². The summed E-state index contributed by atoms with van der Waals surface area (Å²) in [6.07, 6.45) is 4.36. The molecule has 0 aliphatic heterocycles. The molecule has 0 unspecified atom stereocenters. The number of carbonyl (C=O) groups is 1. The van der Waals surface area contributed by atoms with Crippen LogP contribution in [0, 0.1) is 5.92 Å². The number of methoxy groups -OCH3 is 1. The number of benzene rings is 1. The second-order valence-corrected chi connectivity index (χ2v) is 5.17. The molecule has 0 saturated heterocycles. The van der Waals surface area contributed by atoms with Crippen molar-refractivity contribution < 1.29 is 9.53 Å². The number of rotatable bonds is 3. The van der Waals surface area contributed by atoms with Crippen molar-refractivity contribution in [3.8, 4) is 5.75 Å². The normalized spacial score (nSPS) is 15.9. The van der Waals surface area contributed by atoms with Gasteiger partial charge in [0.05, 0.1) is 12.8 Å². The Morgan fingerprint density at radius 3 is 2.71 bits per heavy atom. The van der Waals surface area contributed by atoms with E-state index in [0.29, 0.717) is 0 Å². The summed E-state index contributed by atoms with van der Waals surface area (Å²) in [5, 5.41) is 2.96. The molecule has 2 rings (SSSR count). The Balaban J connectivity index is 2.05. The van der Waals surface area contributed by atoms with Crippen LogP contribution in [0.4, 0.5) is 5.69 Å². The molecule has 0 aromatic heterocycles. The monoisotopic (exact) mass is 297 g/mol. The molecule has 1 aliphatic rings. The van der Waals surface area contributed by atoms with Crippen LogP contribution < -0.4 is 10.1 Å². The standard InChI is InChI=1S/C13H16BrNO2/c1-17-10-6-7-12(11(14)8-10)15-13(16)9-4-2-3-5-9/h6-9H,2-5H2,1H3,(H,15,16). The molecular formula is C13H16BrNO2. The third-order valence-electron chi connectivity index (χ3n) is 3.16. The summed E-state index contributed by atoms with van der Waals surface area (Å²) in [5.74, 6) is 1.09. The van der Waals surface area contributed by atoms with Crippen molar-refractivity contribution in [2.75, 3.05) is 12.4 Å². The minimum absolute atomic E-state index is 0.133. The summed E-state index contributed by atoms with van der Waals surface area (Å²) in [6, 6.07) is 5.55. The second-order valence-electron chi connectivity index (χ2n) is 4.32. The van der Waals surface area contributed by atoms with Gasteiger partial charge in [0.1, 0.15) is 5.75 Å². The predicted octanol–water partition coefficient (Wildman–Crippen LogP) is 3.59. The van der Waals surface area contributed by atoms with Gasteiger partial charge in [0, 0.05) is 10.4 Å². The second kappa shape index (κ2) is 5.54. The van der Waals surface area contributed by atoms with Crippen LogP contribution in [0.3, 0.4) is 0 Å². The lowest BCUT2D eigenvalue weighted by Crippen LogP contribution is -2.20. The minimum Gasteiger partial charge on any atom is -0.497 e. The number of hydrogen-bond acceptors (Lipinski definition) is 2. The Bertz CT molecular complexity index is 414. The lowest BCUT2D eigenvalue weighted by Gasteiger charge is -2.12. The van der Waals surface area contributed by atoms with Crippen LogP contribution in [-0.4, -0.2) is 13.0 Å². The first-order valence-electron chi connectivity index (χ1n) is 5.85. The third-order valence-corrected chi connectivity index (χ3v) is 3.82. The highest BCUT2D eigenvalue weighted by atomic mass is 79.9. The van der Waals surface area contributed by atoms with Gasteiger partial charge in [-0.25, -0.2) is 0 Å². The lowest BCUT2D eigenvalue weighted by atomic mass is 10.1. The largest absolute Gasteiger partial charge is 0.497 e. The highest BCUT2D eigenvalue weighted by Gasteiger charge is 2.23. The fourth-order valence-electron chi connectivity index (χ4n) is 2.15. The number of halogens is 1. The van der Waals surface area contributed by atoms with Crippen LogP contribution >= 0.6 is 15.9 Å². The van der Waals surface area contributed by atoms with Crippen molar-refractivity contribution in [2.45, 2.75) is 25.7 Å². The quantitative estimate of drug-likeness (QED) is 0.926. The third kappa shape index (κ3) is 3.00. The maximum Gasteiger partial charge on any atom is 0.227 e. The van der Waals surface area contributed by atoms with Crippen molar-refractivity contribution in [1.29, 1.82) is 0 Å². The molecule has 0 spiro atoms. The number of ether oxygens (including phenoxy) is 1. The summed E-state index contributed by atoms with van der Waals surface area (Å²) < 4.78 is 5.96. The zero-order valence-electron chi connectivity index (χ0n) is 9.83. The molecular weight excluding hydrogens is 282 g/mol. The fourth-order valence-corrected chi connectivity index (χ4v) is 2.60. The molecule has 1 aromatic carbocycles. The molecule has 4 heteroatoms. The van der Waals surface area contributed by atoms with Crippen LogP contribution in [0.1, 0.15) is 25.7 Å². The van der Waals surface area contributed by atoms with Gasteiger partial charge in [-0.1, -0.05) is 12.8 Å². The Morgan fingerprint density at radius 2 is 2.12 bits per heavy atom. The summed E-state index contributed by atoms with van der Waals surface area (Å²) in [7, 11) is 1.62. The fraction of sp³-hybridized carbons (Fsp3) is 0.462. The van der Waals surface area contributed by atoms with Gasteiger partial charge in [0.2, 0.25) is 5.91 Å². The Kier molecular flexibility index (Phi) is 4.05. The van der Waals surface area contributed by atoms with Crippen molar-refractivity contribution in [3.63, 3.8) is 0 Å². The predicted molar refractivity (Wildman–Crippen MR) is 71.3 cm³/mol. The summed E-state index contributed by atoms with van der Waals surface area (Å²) in [6.45, 7) is 0. The number of anilines is 1. The molecule has 0 bridgehead atoms. The van der Waals surface area contributed by atoms with Crippen LogP contribution in [-0.2, 0) is 4.79 Å². The van der Waals surface area contributed by atoms with E-state index in [4.69, 9.17) is 4.74 Å². The van der Waals surface area contributed by atoms with E-state index in [1.54, 1.807) is 7.11 Å². The van der Waals surface area contributed by atoms with Gasteiger partial charge in [-0.05, 0) is 47.0 Å². The summed E-state index contributed by atoms with van der Waals surface area (Å²) >= 11 is 3.43. The van der Waals surface area contributed by atoms with E-state index in [1.165, 1.54) is 12.8 Å². The zero-order valence-corrected chi connectivity index (χ0v) is 11.4. The highest BCUT2D eigenvalue weighted by molar-refractivity contribution is 9.10. The Hall–Kier alpha value is -1.03. The van der Waals surface area contributed by atoms with Gasteiger partial charge in [-0.15, -0.1) is 0 Å². The molecule has 1 saturated carbocycles. The van der Waals surface area contributed by atoms with Crippen molar-refractivity contribution in [2.24, 2.45) is 5.92 Å². The summed E-state index contributed by atoms with van der Waals surface area (Å²) in [4.78, 5) is 12.0. The first-order chi connectivity index (χ1) is 8.20. The van der Waals surface area contributed by atoms with Crippen molar-refractivity contribution >= 4 is 27.5 Å². The van der Waals surface area contributed by atoms with E-state index >= 15 is 0 Å². The van der Waals surface area contributed by atoms with Crippen LogP contribution in [0.2, 0.25) is 0 Å². The molecule has 1 aliphatic carbocycles. The van der Waals surface area contributed by atoms with Gasteiger partial charge < -0.3 is 10.1 Å². The van der Waals surface area contributed by atoms with Crippen LogP contribution in [0.25, 0.3) is 0 Å². The van der Waals surface area contributed by atoms with Gasteiger partial charge in [-0.2, -0.15) is 0 Å². The van der Waals surface area contributed by atoms with Crippen molar-refractivity contribution in [3.05, 3.63) is 22.7 Å². The Labute approximate surface area is 110 Å². The lowest BCUT2D eigenvalue weighted by molar-refractivity contribution is -0.119. The maximum absolute atomic E-state index is 12.0. The maximum atomic E-state index is 12.0. The van der Waals surface area contributed by atoms with E-state index < -0.39 is 0 Å². The molecule has 3 nitrogen and oxygen atoms in total. The van der Waals surface area contributed by atoms with Gasteiger partial charge in [0.25, 0.3) is 0 Å². The minimum atomic E-state index is 0.133. The molecule has 1 aromatic rings. The Morgan fingerprint density at radius 1 is 1.41 bits per heavy atom. The zero-order chi connectivity index (χ0) is 12.3. The van der Waals surface area contributed by atoms with Gasteiger partial charge in [-0.3, -0.25) is 4.79 Å². The van der Waals surface area contributed by atoms with Gasteiger partial charge in [0.15, 0.2) is 0 Å². The SMILES string of the molecule is COc1ccc(NC(=O)C2CCCC2)c(Br)c1. The van der Waals surface area contributed by atoms with Crippen LogP contribution in [0.15, 0.2) is 22.7 Å². The van der Waals surface area contributed by atoms with E-state index in [9.17, 15) is 4.79 Å². The molecule has 0 heterocycles. The molecule has 92 valence electrons. The van der Waals surface area contributed by atoms with Crippen LogP contribution in [0.5, 0.6) is 5.75 Å². The first-order valence-corrected chi connectivity index (χ1v) is 6.64. The number of hydrogen-bond donors (Lipinski definition) is 1.